The molecule has 0 bridgehead atoms. The summed E-state index contributed by atoms with van der Waals surface area (Å²) in [7, 11) is 1.39. The van der Waals surface area contributed by atoms with E-state index in [4.69, 9.17) is 10.5 Å². The highest BCUT2D eigenvalue weighted by Gasteiger charge is 2.22. The first-order valence-corrected chi connectivity index (χ1v) is 7.78. The van der Waals surface area contributed by atoms with Crippen LogP contribution in [0.5, 0.6) is 0 Å². The largest absolute Gasteiger partial charge is 0.465 e. The molecule has 0 radical (unpaired) electrons. The topological polar surface area (TPSA) is 70.1 Å². The molecule has 0 saturated carbocycles. The smallest absolute Gasteiger partial charge is 0.350 e. The van der Waals surface area contributed by atoms with Gasteiger partial charge in [-0.05, 0) is 30.2 Å². The highest BCUT2D eigenvalue weighted by molar-refractivity contribution is 7.12. The summed E-state index contributed by atoms with van der Waals surface area (Å²) in [6.45, 7) is 6.24. The van der Waals surface area contributed by atoms with Crippen LogP contribution in [-0.4, -0.2) is 22.6 Å². The van der Waals surface area contributed by atoms with Gasteiger partial charge >= 0.3 is 5.97 Å². The lowest BCUT2D eigenvalue weighted by molar-refractivity contribution is 0.0606. The van der Waals surface area contributed by atoms with Crippen molar-refractivity contribution in [1.82, 2.24) is 9.55 Å². The number of hydrogen-bond acceptors (Lipinski definition) is 5. The lowest BCUT2D eigenvalue weighted by atomic mass is 10.0. The van der Waals surface area contributed by atoms with Crippen molar-refractivity contribution in [1.29, 1.82) is 0 Å². The summed E-state index contributed by atoms with van der Waals surface area (Å²) in [5, 5.41) is 1.94. The number of methoxy groups -OCH3 is 1. The molecule has 2 N–H and O–H groups in total. The van der Waals surface area contributed by atoms with E-state index in [9.17, 15) is 4.79 Å². The summed E-state index contributed by atoms with van der Waals surface area (Å²) in [5.41, 5.74) is 9.02. The Morgan fingerprint density at radius 3 is 2.86 bits per heavy atom. The molecule has 2 aromatic rings. The predicted molar refractivity (Wildman–Crippen MR) is 83.9 cm³/mol. The second-order valence-electron chi connectivity index (χ2n) is 5.51. The third-order valence-corrected chi connectivity index (χ3v) is 4.39. The number of imidazole rings is 1. The molecular weight excluding hydrogens is 286 g/mol. The third kappa shape index (κ3) is 3.16. The molecule has 114 valence electrons. The van der Waals surface area contributed by atoms with E-state index in [2.05, 4.69) is 18.8 Å². The van der Waals surface area contributed by atoms with Gasteiger partial charge < -0.3 is 10.5 Å². The van der Waals surface area contributed by atoms with Gasteiger partial charge in [0.15, 0.2) is 0 Å². The maximum absolute atomic E-state index is 11.9. The van der Waals surface area contributed by atoms with Crippen molar-refractivity contribution in [3.05, 3.63) is 34.0 Å². The van der Waals surface area contributed by atoms with Crippen LogP contribution >= 0.6 is 11.3 Å². The minimum atomic E-state index is -0.333. The standard InChI is InChI=1S/C15H21N3O2S/c1-9(2)5-11(16)12-6-17-8-18(12)13-10(3)7-21-14(13)15(19)20-4/h6-9,11H,5,16H2,1-4H3. The first-order valence-electron chi connectivity index (χ1n) is 6.90. The Labute approximate surface area is 128 Å². The number of carbonyl (C=O) groups is 1. The molecule has 21 heavy (non-hydrogen) atoms. The van der Waals surface area contributed by atoms with Gasteiger partial charge in [-0.2, -0.15) is 0 Å². The van der Waals surface area contributed by atoms with Crippen molar-refractivity contribution >= 4 is 17.3 Å². The van der Waals surface area contributed by atoms with Crippen molar-refractivity contribution in [3.8, 4) is 5.69 Å². The molecular formula is C15H21N3O2S. The molecule has 2 heterocycles. The third-order valence-electron chi connectivity index (χ3n) is 3.33. The number of thiophene rings is 1. The van der Waals surface area contributed by atoms with E-state index < -0.39 is 0 Å². The van der Waals surface area contributed by atoms with E-state index in [0.29, 0.717) is 10.8 Å². The monoisotopic (exact) mass is 307 g/mol. The van der Waals surface area contributed by atoms with Gasteiger partial charge in [0.1, 0.15) is 4.88 Å². The Hall–Kier alpha value is -1.66. The summed E-state index contributed by atoms with van der Waals surface area (Å²) in [6, 6.07) is -0.114. The van der Waals surface area contributed by atoms with Gasteiger partial charge in [0.25, 0.3) is 0 Å². The van der Waals surface area contributed by atoms with Crippen LogP contribution in [0.3, 0.4) is 0 Å². The number of hydrogen-bond donors (Lipinski definition) is 1. The molecule has 0 fully saturated rings. The molecule has 0 aliphatic carbocycles. The van der Waals surface area contributed by atoms with Crippen LogP contribution in [0.1, 0.15) is 47.2 Å². The zero-order valence-electron chi connectivity index (χ0n) is 12.8. The van der Waals surface area contributed by atoms with Crippen LogP contribution in [0.4, 0.5) is 0 Å². The Kier molecular flexibility index (Phi) is 4.80. The van der Waals surface area contributed by atoms with Crippen molar-refractivity contribution in [2.24, 2.45) is 11.7 Å². The van der Waals surface area contributed by atoms with Crippen LogP contribution in [0.15, 0.2) is 17.9 Å². The number of aryl methyl sites for hydroxylation is 1. The number of ether oxygens (including phenoxy) is 1. The normalized spacial score (nSPS) is 12.7. The number of carbonyl (C=O) groups excluding carboxylic acids is 1. The first-order chi connectivity index (χ1) is 9.95. The van der Waals surface area contributed by atoms with E-state index in [0.717, 1.165) is 23.4 Å². The van der Waals surface area contributed by atoms with Crippen LogP contribution in [-0.2, 0) is 4.74 Å². The maximum atomic E-state index is 11.9. The van der Waals surface area contributed by atoms with Gasteiger partial charge in [-0.1, -0.05) is 13.8 Å². The molecule has 2 rings (SSSR count). The minimum Gasteiger partial charge on any atom is -0.465 e. The molecule has 2 aromatic heterocycles. The fraction of sp³-hybridized carbons (Fsp3) is 0.467. The fourth-order valence-electron chi connectivity index (χ4n) is 2.37. The van der Waals surface area contributed by atoms with E-state index in [-0.39, 0.29) is 12.0 Å². The van der Waals surface area contributed by atoms with Gasteiger partial charge in [-0.15, -0.1) is 11.3 Å². The predicted octanol–water partition coefficient (Wildman–Crippen LogP) is 3.07. The fourth-order valence-corrected chi connectivity index (χ4v) is 3.33. The van der Waals surface area contributed by atoms with Crippen LogP contribution in [0, 0.1) is 12.8 Å². The Morgan fingerprint density at radius 1 is 1.52 bits per heavy atom. The molecule has 0 saturated heterocycles. The van der Waals surface area contributed by atoms with Gasteiger partial charge in [-0.25, -0.2) is 9.78 Å². The second kappa shape index (κ2) is 6.41. The SMILES string of the molecule is COC(=O)c1scc(C)c1-n1cncc1C(N)CC(C)C. The molecule has 0 spiro atoms. The minimum absolute atomic E-state index is 0.114. The van der Waals surface area contributed by atoms with Gasteiger partial charge in [0.05, 0.1) is 31.0 Å². The summed E-state index contributed by atoms with van der Waals surface area (Å²) < 4.78 is 6.77. The number of aromatic nitrogens is 2. The van der Waals surface area contributed by atoms with Crippen molar-refractivity contribution in [2.45, 2.75) is 33.2 Å². The van der Waals surface area contributed by atoms with E-state index in [1.54, 1.807) is 12.5 Å². The molecule has 6 heteroatoms. The summed E-state index contributed by atoms with van der Waals surface area (Å²) in [4.78, 5) is 16.7. The van der Waals surface area contributed by atoms with E-state index >= 15 is 0 Å². The summed E-state index contributed by atoms with van der Waals surface area (Å²) >= 11 is 1.38. The molecule has 1 unspecified atom stereocenters. The maximum Gasteiger partial charge on any atom is 0.350 e. The molecule has 0 aromatic carbocycles. The number of rotatable bonds is 5. The average Bonchev–Trinajstić information content (AvgIpc) is 3.02. The number of nitrogens with two attached hydrogens (primary N) is 1. The molecule has 0 aliphatic heterocycles. The number of esters is 1. The van der Waals surface area contributed by atoms with Gasteiger partial charge in [-0.3, -0.25) is 4.57 Å². The van der Waals surface area contributed by atoms with E-state index in [1.165, 1.54) is 18.4 Å². The van der Waals surface area contributed by atoms with Crippen molar-refractivity contribution < 1.29 is 9.53 Å². The second-order valence-corrected chi connectivity index (χ2v) is 6.39. The van der Waals surface area contributed by atoms with Gasteiger partial charge in [0, 0.05) is 6.04 Å². The summed E-state index contributed by atoms with van der Waals surface area (Å²) in [5.74, 6) is 0.159. The number of nitrogens with zero attached hydrogens (tertiary/aromatic N) is 2. The summed E-state index contributed by atoms with van der Waals surface area (Å²) in [6.07, 6.45) is 4.34. The van der Waals surface area contributed by atoms with Crippen molar-refractivity contribution in [3.63, 3.8) is 0 Å². The lowest BCUT2D eigenvalue weighted by Gasteiger charge is -2.17. The zero-order valence-corrected chi connectivity index (χ0v) is 13.6. The Bertz CT molecular complexity index is 631. The molecule has 1 atom stereocenters. The molecule has 0 aliphatic rings. The Morgan fingerprint density at radius 2 is 2.24 bits per heavy atom. The highest BCUT2D eigenvalue weighted by atomic mass is 32.1. The van der Waals surface area contributed by atoms with Crippen molar-refractivity contribution in [2.75, 3.05) is 7.11 Å². The average molecular weight is 307 g/mol. The molecule has 0 amide bonds. The van der Waals surface area contributed by atoms with Crippen LogP contribution in [0.2, 0.25) is 0 Å². The highest BCUT2D eigenvalue weighted by Crippen LogP contribution is 2.30. The quantitative estimate of drug-likeness (QED) is 0.862. The zero-order chi connectivity index (χ0) is 15.6. The Balaban J connectivity index is 2.47. The molecule has 5 nitrogen and oxygen atoms in total. The van der Waals surface area contributed by atoms with Crippen LogP contribution in [0.25, 0.3) is 5.69 Å². The van der Waals surface area contributed by atoms with Gasteiger partial charge in [0.2, 0.25) is 0 Å². The lowest BCUT2D eigenvalue weighted by Crippen LogP contribution is -2.17. The van der Waals surface area contributed by atoms with Crippen LogP contribution < -0.4 is 5.73 Å². The van der Waals surface area contributed by atoms with E-state index in [1.807, 2.05) is 16.9 Å². The first kappa shape index (κ1) is 15.7.